The first-order valence-electron chi connectivity index (χ1n) is 14.9. The van der Waals surface area contributed by atoms with Gasteiger partial charge < -0.3 is 29.0 Å². The maximum atomic E-state index is 13.9. The summed E-state index contributed by atoms with van der Waals surface area (Å²) >= 11 is 0. The summed E-state index contributed by atoms with van der Waals surface area (Å²) in [5.74, 6) is 3.40. The number of hydrogen-bond donors (Lipinski definition) is 1. The number of aromatic nitrogens is 3. The van der Waals surface area contributed by atoms with Crippen molar-refractivity contribution in [2.45, 2.75) is 59.6 Å². The molecule has 240 valence electrons. The van der Waals surface area contributed by atoms with Crippen LogP contribution in [0, 0.1) is 27.7 Å². The Morgan fingerprint density at radius 2 is 1.82 bits per heavy atom. The van der Waals surface area contributed by atoms with Gasteiger partial charge in [0, 0.05) is 30.7 Å². The molecule has 0 fully saturated rings. The van der Waals surface area contributed by atoms with Crippen LogP contribution in [0.15, 0.2) is 58.5 Å². The summed E-state index contributed by atoms with van der Waals surface area (Å²) in [5, 5.41) is 7.65. The summed E-state index contributed by atoms with van der Waals surface area (Å²) in [4.78, 5) is 11.7. The van der Waals surface area contributed by atoms with Crippen molar-refractivity contribution in [3.8, 4) is 11.1 Å². The molecule has 0 bridgehead atoms. The summed E-state index contributed by atoms with van der Waals surface area (Å²) in [6, 6.07) is 14.0. The van der Waals surface area contributed by atoms with Gasteiger partial charge in [-0.3, -0.25) is 4.21 Å². The minimum atomic E-state index is -1.41. The Morgan fingerprint density at radius 1 is 1.04 bits per heavy atom. The molecule has 0 aliphatic carbocycles. The minimum absolute atomic E-state index is 0.188. The van der Waals surface area contributed by atoms with Crippen LogP contribution >= 0.6 is 0 Å². The van der Waals surface area contributed by atoms with Crippen LogP contribution in [-0.4, -0.2) is 52.3 Å². The molecule has 11 heteroatoms. The zero-order chi connectivity index (χ0) is 32.5. The molecule has 2 heterocycles. The standard InChI is InChI=1S/C34H43N5O5S/c1-9-42-19-28-17-27(18-35-33-32(25(6)43-10-2)23(4)36-26(7)37-33)15-16-29(28)30-13-11-12-14-31(30)45(40)21-39(20-41-8)34-22(3)24(5)44-38-34/h11-17H,6,9-10,18-21H2,1-5,7-8H3,(H,35,36,37)/t45-/m1/s1. The van der Waals surface area contributed by atoms with Gasteiger partial charge in [0.25, 0.3) is 0 Å². The maximum absolute atomic E-state index is 13.9. The number of benzene rings is 2. The highest BCUT2D eigenvalue weighted by atomic mass is 32.2. The fourth-order valence-electron chi connectivity index (χ4n) is 5.07. The quantitative estimate of drug-likeness (QED) is 0.106. The van der Waals surface area contributed by atoms with Crippen LogP contribution in [0.25, 0.3) is 16.9 Å². The second-order valence-corrected chi connectivity index (χ2v) is 11.9. The Morgan fingerprint density at radius 3 is 2.51 bits per heavy atom. The first kappa shape index (κ1) is 33.8. The molecule has 1 atom stereocenters. The van der Waals surface area contributed by atoms with Gasteiger partial charge >= 0.3 is 0 Å². The van der Waals surface area contributed by atoms with Crippen molar-refractivity contribution in [2.24, 2.45) is 0 Å². The van der Waals surface area contributed by atoms with Crippen molar-refractivity contribution in [1.82, 2.24) is 15.1 Å². The third kappa shape index (κ3) is 8.16. The number of rotatable bonds is 16. The number of hydrogen-bond acceptors (Lipinski definition) is 10. The summed E-state index contributed by atoms with van der Waals surface area (Å²) in [6.45, 7) is 17.8. The van der Waals surface area contributed by atoms with E-state index in [-0.39, 0.29) is 12.6 Å². The van der Waals surface area contributed by atoms with Crippen molar-refractivity contribution in [3.63, 3.8) is 0 Å². The highest BCUT2D eigenvalue weighted by molar-refractivity contribution is 7.85. The highest BCUT2D eigenvalue weighted by Crippen LogP contribution is 2.32. The molecule has 1 N–H and O–H groups in total. The fourth-order valence-corrected chi connectivity index (χ4v) is 6.35. The molecule has 0 saturated carbocycles. The van der Waals surface area contributed by atoms with Gasteiger partial charge in [-0.15, -0.1) is 0 Å². The fraction of sp³-hybridized carbons (Fsp3) is 0.382. The summed E-state index contributed by atoms with van der Waals surface area (Å²) < 4.78 is 36.3. The van der Waals surface area contributed by atoms with E-state index in [4.69, 9.17) is 18.7 Å². The molecule has 2 aromatic carbocycles. The van der Waals surface area contributed by atoms with E-state index in [1.54, 1.807) is 7.11 Å². The van der Waals surface area contributed by atoms with E-state index < -0.39 is 10.8 Å². The molecule has 0 unspecified atom stereocenters. The summed E-state index contributed by atoms with van der Waals surface area (Å²) in [6.07, 6.45) is 0. The third-order valence-corrected chi connectivity index (χ3v) is 8.70. The lowest BCUT2D eigenvalue weighted by atomic mass is 9.97. The highest BCUT2D eigenvalue weighted by Gasteiger charge is 2.22. The predicted octanol–water partition coefficient (Wildman–Crippen LogP) is 6.70. The van der Waals surface area contributed by atoms with Crippen LogP contribution in [0.1, 0.15) is 53.4 Å². The normalized spacial score (nSPS) is 11.8. The van der Waals surface area contributed by atoms with Gasteiger partial charge in [-0.1, -0.05) is 48.1 Å². The molecule has 0 radical (unpaired) electrons. The van der Waals surface area contributed by atoms with Gasteiger partial charge in [0.05, 0.1) is 35.3 Å². The monoisotopic (exact) mass is 633 g/mol. The Hall–Kier alpha value is -4.06. The van der Waals surface area contributed by atoms with Crippen molar-refractivity contribution in [2.75, 3.05) is 43.1 Å². The Labute approximate surface area is 268 Å². The van der Waals surface area contributed by atoms with Crippen LogP contribution in [0.3, 0.4) is 0 Å². The molecule has 0 aliphatic rings. The van der Waals surface area contributed by atoms with Gasteiger partial charge in [-0.05, 0) is 69.9 Å². The van der Waals surface area contributed by atoms with Crippen LogP contribution in [0.4, 0.5) is 11.6 Å². The van der Waals surface area contributed by atoms with E-state index in [1.807, 2.05) is 70.7 Å². The lowest BCUT2D eigenvalue weighted by Gasteiger charge is -2.22. The van der Waals surface area contributed by atoms with E-state index in [9.17, 15) is 4.21 Å². The van der Waals surface area contributed by atoms with Gasteiger partial charge in [0.15, 0.2) is 5.82 Å². The lowest BCUT2D eigenvalue weighted by molar-refractivity contribution is 0.134. The van der Waals surface area contributed by atoms with Gasteiger partial charge in [0.1, 0.15) is 35.8 Å². The number of anilines is 2. The molecule has 0 amide bonds. The number of aryl methyl sites for hydroxylation is 3. The Bertz CT molecular complexity index is 1650. The van der Waals surface area contributed by atoms with Gasteiger partial charge in [-0.25, -0.2) is 9.97 Å². The Kier molecular flexibility index (Phi) is 11.9. The van der Waals surface area contributed by atoms with Crippen LogP contribution in [-0.2, 0) is 38.2 Å². The molecule has 2 aromatic heterocycles. The molecule has 45 heavy (non-hydrogen) atoms. The largest absolute Gasteiger partial charge is 0.494 e. The molecule has 4 rings (SSSR count). The van der Waals surface area contributed by atoms with Gasteiger partial charge in [-0.2, -0.15) is 0 Å². The number of methoxy groups -OCH3 is 1. The number of ether oxygens (including phenoxy) is 3. The number of nitrogens with one attached hydrogen (secondary N) is 1. The first-order valence-corrected chi connectivity index (χ1v) is 16.3. The summed E-state index contributed by atoms with van der Waals surface area (Å²) in [7, 11) is 0.192. The average molecular weight is 634 g/mol. The Balaban J connectivity index is 1.64. The zero-order valence-corrected chi connectivity index (χ0v) is 28.0. The second-order valence-electron chi connectivity index (χ2n) is 10.5. The van der Waals surface area contributed by atoms with Crippen molar-refractivity contribution < 1.29 is 22.9 Å². The third-order valence-electron chi connectivity index (χ3n) is 7.30. The van der Waals surface area contributed by atoms with Crippen molar-refractivity contribution in [3.05, 3.63) is 88.6 Å². The van der Waals surface area contributed by atoms with E-state index in [1.165, 1.54) is 0 Å². The zero-order valence-electron chi connectivity index (χ0n) is 27.2. The molecular weight excluding hydrogens is 590 g/mol. The lowest BCUT2D eigenvalue weighted by Crippen LogP contribution is -2.30. The smallest absolute Gasteiger partial charge is 0.177 e. The van der Waals surface area contributed by atoms with Crippen LogP contribution < -0.4 is 10.2 Å². The SMILES string of the molecule is C=C(OCC)c1c(C)nc(C)nc1NCc1ccc(-c2ccccc2[S@](=O)CN(COC)c2noc(C)c2C)c(COCC)c1. The molecule has 4 aromatic rings. The second kappa shape index (κ2) is 15.8. The number of nitrogens with zero attached hydrogens (tertiary/aromatic N) is 4. The van der Waals surface area contributed by atoms with Crippen molar-refractivity contribution >= 4 is 28.2 Å². The molecule has 0 aliphatic heterocycles. The van der Waals surface area contributed by atoms with E-state index >= 15 is 0 Å². The van der Waals surface area contributed by atoms with Crippen molar-refractivity contribution in [1.29, 1.82) is 0 Å². The topological polar surface area (TPSA) is 112 Å². The maximum Gasteiger partial charge on any atom is 0.177 e. The molecule has 0 spiro atoms. The van der Waals surface area contributed by atoms with Gasteiger partial charge in [0.2, 0.25) is 0 Å². The molecular formula is C34H43N5O5S. The van der Waals surface area contributed by atoms with E-state index in [0.717, 1.165) is 39.1 Å². The minimum Gasteiger partial charge on any atom is -0.494 e. The summed E-state index contributed by atoms with van der Waals surface area (Å²) in [5.41, 5.74) is 6.34. The van der Waals surface area contributed by atoms with Crippen LogP contribution in [0.2, 0.25) is 0 Å². The van der Waals surface area contributed by atoms with Crippen LogP contribution in [0.5, 0.6) is 0 Å². The van der Waals surface area contributed by atoms with E-state index in [0.29, 0.717) is 60.2 Å². The molecule has 10 nitrogen and oxygen atoms in total. The van der Waals surface area contributed by atoms with E-state index in [2.05, 4.69) is 45.2 Å². The molecule has 0 saturated heterocycles. The first-order chi connectivity index (χ1) is 21.7. The average Bonchev–Trinajstić information content (AvgIpc) is 3.35. The predicted molar refractivity (Wildman–Crippen MR) is 178 cm³/mol.